The summed E-state index contributed by atoms with van der Waals surface area (Å²) in [5.74, 6) is 1.84. The lowest BCUT2D eigenvalue weighted by molar-refractivity contribution is 0.334. The summed E-state index contributed by atoms with van der Waals surface area (Å²) >= 11 is 6.06. The smallest absolute Gasteiger partial charge is 0.0578 e. The van der Waals surface area contributed by atoms with E-state index in [-0.39, 0.29) is 6.04 Å². The van der Waals surface area contributed by atoms with Crippen LogP contribution in [-0.2, 0) is 0 Å². The monoisotopic (exact) mass is 311 g/mol. The Balaban J connectivity index is 1.62. The average Bonchev–Trinajstić information content (AvgIpc) is 3.17. The fourth-order valence-electron chi connectivity index (χ4n) is 4.35. The van der Waals surface area contributed by atoms with Gasteiger partial charge in [0.25, 0.3) is 0 Å². The molecule has 2 aromatic rings. The maximum atomic E-state index is 6.06. The van der Waals surface area contributed by atoms with Crippen LogP contribution in [0.5, 0.6) is 0 Å². The lowest BCUT2D eigenvalue weighted by Gasteiger charge is -2.29. The van der Waals surface area contributed by atoms with Gasteiger partial charge in [-0.2, -0.15) is 0 Å². The molecule has 2 saturated carbocycles. The van der Waals surface area contributed by atoms with Crippen LogP contribution in [0.2, 0.25) is 5.02 Å². The van der Waals surface area contributed by atoms with Gasteiger partial charge < -0.3 is 5.32 Å². The minimum atomic E-state index is 0.266. The van der Waals surface area contributed by atoms with E-state index in [4.69, 9.17) is 11.6 Å². The Morgan fingerprint density at radius 2 is 1.59 bits per heavy atom. The van der Waals surface area contributed by atoms with Crippen molar-refractivity contribution in [3.8, 4) is 0 Å². The van der Waals surface area contributed by atoms with Crippen LogP contribution in [0, 0.1) is 11.8 Å². The van der Waals surface area contributed by atoms with E-state index in [1.54, 1.807) is 0 Å². The van der Waals surface area contributed by atoms with Crippen LogP contribution in [-0.4, -0.2) is 6.04 Å². The summed E-state index contributed by atoms with van der Waals surface area (Å²) in [5, 5.41) is 4.76. The summed E-state index contributed by atoms with van der Waals surface area (Å²) in [6, 6.07) is 20.0. The lowest BCUT2D eigenvalue weighted by atomic mass is 9.92. The van der Waals surface area contributed by atoms with Crippen molar-refractivity contribution in [1.82, 2.24) is 5.32 Å². The Morgan fingerprint density at radius 3 is 2.23 bits per heavy atom. The lowest BCUT2D eigenvalue weighted by Crippen LogP contribution is -2.37. The summed E-state index contributed by atoms with van der Waals surface area (Å²) in [6.45, 7) is 0. The van der Waals surface area contributed by atoms with Crippen molar-refractivity contribution in [2.75, 3.05) is 0 Å². The standard InChI is InChI=1S/C20H22ClN/c21-18-10-8-16(9-11-18)20(15-4-2-1-3-5-15)22-19-13-14-6-7-17(19)12-14/h1-5,8-11,14,17,19-20,22H,6-7,12-13H2/t14-,17-,19-,20+/m0/s1. The van der Waals surface area contributed by atoms with Gasteiger partial charge in [0.1, 0.15) is 0 Å². The maximum Gasteiger partial charge on any atom is 0.0578 e. The molecule has 0 heterocycles. The third kappa shape index (κ3) is 2.80. The van der Waals surface area contributed by atoms with Crippen molar-refractivity contribution < 1.29 is 0 Å². The number of benzene rings is 2. The van der Waals surface area contributed by atoms with Crippen molar-refractivity contribution in [2.24, 2.45) is 11.8 Å². The number of nitrogens with one attached hydrogen (secondary N) is 1. The van der Waals surface area contributed by atoms with Crippen molar-refractivity contribution in [3.63, 3.8) is 0 Å². The first kappa shape index (κ1) is 14.3. The van der Waals surface area contributed by atoms with Crippen molar-refractivity contribution in [3.05, 3.63) is 70.7 Å². The molecular weight excluding hydrogens is 290 g/mol. The molecule has 0 radical (unpaired) electrons. The topological polar surface area (TPSA) is 12.0 Å². The molecule has 2 fully saturated rings. The molecule has 0 spiro atoms. The predicted octanol–water partition coefficient (Wildman–Crippen LogP) is 5.21. The first-order valence-corrected chi connectivity index (χ1v) is 8.74. The molecule has 4 rings (SSSR count). The number of rotatable bonds is 4. The minimum absolute atomic E-state index is 0.266. The molecule has 2 aliphatic rings. The normalized spacial score (nSPS) is 28.0. The van der Waals surface area contributed by atoms with Crippen molar-refractivity contribution in [2.45, 2.75) is 37.8 Å². The molecule has 1 N–H and O–H groups in total. The molecule has 0 aliphatic heterocycles. The number of halogens is 1. The van der Waals surface area contributed by atoms with E-state index in [1.807, 2.05) is 12.1 Å². The van der Waals surface area contributed by atoms with Gasteiger partial charge in [-0.05, 0) is 54.4 Å². The summed E-state index contributed by atoms with van der Waals surface area (Å²) < 4.78 is 0. The summed E-state index contributed by atoms with van der Waals surface area (Å²) in [7, 11) is 0. The number of hydrogen-bond donors (Lipinski definition) is 1. The average molecular weight is 312 g/mol. The fraction of sp³-hybridized carbons (Fsp3) is 0.400. The molecular formula is C20H22ClN. The second kappa shape index (κ2) is 6.06. The van der Waals surface area contributed by atoms with Gasteiger partial charge in [0.15, 0.2) is 0 Å². The Labute approximate surface area is 137 Å². The molecule has 4 atom stereocenters. The number of hydrogen-bond acceptors (Lipinski definition) is 1. The molecule has 22 heavy (non-hydrogen) atoms. The van der Waals surface area contributed by atoms with E-state index in [9.17, 15) is 0 Å². The summed E-state index contributed by atoms with van der Waals surface area (Å²) in [6.07, 6.45) is 5.63. The van der Waals surface area contributed by atoms with Gasteiger partial charge in [-0.25, -0.2) is 0 Å². The van der Waals surface area contributed by atoms with Gasteiger partial charge in [0.05, 0.1) is 6.04 Å². The van der Waals surface area contributed by atoms with E-state index >= 15 is 0 Å². The zero-order valence-corrected chi connectivity index (χ0v) is 13.5. The third-order valence-corrected chi connectivity index (χ3v) is 5.71. The largest absolute Gasteiger partial charge is 0.303 e. The van der Waals surface area contributed by atoms with Crippen LogP contribution < -0.4 is 5.32 Å². The van der Waals surface area contributed by atoms with Crippen LogP contribution in [0.4, 0.5) is 0 Å². The predicted molar refractivity (Wildman–Crippen MR) is 92.1 cm³/mol. The Bertz CT molecular complexity index is 622. The van der Waals surface area contributed by atoms with Crippen LogP contribution in [0.1, 0.15) is 42.9 Å². The zero-order chi connectivity index (χ0) is 14.9. The van der Waals surface area contributed by atoms with Crippen LogP contribution in [0.3, 0.4) is 0 Å². The van der Waals surface area contributed by atoms with E-state index < -0.39 is 0 Å². The SMILES string of the molecule is Clc1ccc([C@H](N[C@H]2C[C@H]3CC[C@H]2C3)c2ccccc2)cc1. The van der Waals surface area contributed by atoms with E-state index in [0.717, 1.165) is 16.9 Å². The molecule has 1 nitrogen and oxygen atoms in total. The minimum Gasteiger partial charge on any atom is -0.303 e. The van der Waals surface area contributed by atoms with Crippen LogP contribution in [0.15, 0.2) is 54.6 Å². The van der Waals surface area contributed by atoms with Crippen LogP contribution >= 0.6 is 11.6 Å². The molecule has 0 saturated heterocycles. The zero-order valence-electron chi connectivity index (χ0n) is 12.7. The van der Waals surface area contributed by atoms with E-state index in [0.29, 0.717) is 6.04 Å². The molecule has 0 aromatic heterocycles. The van der Waals surface area contributed by atoms with Gasteiger partial charge in [0.2, 0.25) is 0 Å². The number of fused-ring (bicyclic) bond motifs is 2. The van der Waals surface area contributed by atoms with Gasteiger partial charge in [0, 0.05) is 11.1 Å². The third-order valence-electron chi connectivity index (χ3n) is 5.46. The highest BCUT2D eigenvalue weighted by Gasteiger charge is 2.40. The van der Waals surface area contributed by atoms with Crippen molar-refractivity contribution in [1.29, 1.82) is 0 Å². The van der Waals surface area contributed by atoms with E-state index in [2.05, 4.69) is 47.8 Å². The molecule has 2 aromatic carbocycles. The van der Waals surface area contributed by atoms with Crippen molar-refractivity contribution >= 4 is 11.6 Å². The van der Waals surface area contributed by atoms with E-state index in [1.165, 1.54) is 36.8 Å². The molecule has 114 valence electrons. The quantitative estimate of drug-likeness (QED) is 0.817. The maximum absolute atomic E-state index is 6.06. The van der Waals surface area contributed by atoms with Gasteiger partial charge in [-0.3, -0.25) is 0 Å². The van der Waals surface area contributed by atoms with Gasteiger partial charge in [-0.1, -0.05) is 60.5 Å². The Kier molecular flexibility index (Phi) is 3.94. The highest BCUT2D eigenvalue weighted by atomic mass is 35.5. The molecule has 0 unspecified atom stereocenters. The molecule has 2 bridgehead atoms. The second-order valence-electron chi connectivity index (χ2n) is 6.84. The first-order chi connectivity index (χ1) is 10.8. The first-order valence-electron chi connectivity index (χ1n) is 8.36. The molecule has 2 heteroatoms. The van der Waals surface area contributed by atoms with Crippen LogP contribution in [0.25, 0.3) is 0 Å². The highest BCUT2D eigenvalue weighted by molar-refractivity contribution is 6.30. The Morgan fingerprint density at radius 1 is 0.864 bits per heavy atom. The Hall–Kier alpha value is -1.31. The summed E-state index contributed by atoms with van der Waals surface area (Å²) in [5.41, 5.74) is 2.64. The summed E-state index contributed by atoms with van der Waals surface area (Å²) in [4.78, 5) is 0. The molecule has 0 amide bonds. The highest BCUT2D eigenvalue weighted by Crippen LogP contribution is 2.45. The molecule has 2 aliphatic carbocycles. The fourth-order valence-corrected chi connectivity index (χ4v) is 4.47. The second-order valence-corrected chi connectivity index (χ2v) is 7.28. The van der Waals surface area contributed by atoms with Gasteiger partial charge >= 0.3 is 0 Å². The van der Waals surface area contributed by atoms with Gasteiger partial charge in [-0.15, -0.1) is 0 Å².